The lowest BCUT2D eigenvalue weighted by Crippen LogP contribution is -2.61. The van der Waals surface area contributed by atoms with Crippen molar-refractivity contribution in [3.63, 3.8) is 0 Å². The normalized spacial score (nSPS) is 17.7. The van der Waals surface area contributed by atoms with Crippen molar-refractivity contribution >= 4 is 12.0 Å². The first-order valence-corrected chi connectivity index (χ1v) is 5.40. The molecule has 1 aliphatic carbocycles. The zero-order valence-corrected chi connectivity index (χ0v) is 9.75. The summed E-state index contributed by atoms with van der Waals surface area (Å²) in [7, 11) is 3.81. The minimum Gasteiger partial charge on any atom is -0.480 e. The van der Waals surface area contributed by atoms with Crippen LogP contribution in [0.1, 0.15) is 19.3 Å². The molecule has 0 aromatic rings. The van der Waals surface area contributed by atoms with Crippen LogP contribution in [-0.2, 0) is 4.79 Å². The van der Waals surface area contributed by atoms with Gasteiger partial charge in [-0.3, -0.25) is 0 Å². The third-order valence-corrected chi connectivity index (χ3v) is 2.81. The van der Waals surface area contributed by atoms with E-state index in [9.17, 15) is 9.59 Å². The summed E-state index contributed by atoms with van der Waals surface area (Å²) in [4.78, 5) is 24.3. The third kappa shape index (κ3) is 3.10. The van der Waals surface area contributed by atoms with Crippen LogP contribution in [0, 0.1) is 0 Å². The van der Waals surface area contributed by atoms with Gasteiger partial charge in [0.05, 0.1) is 0 Å². The number of nitrogens with one attached hydrogen (secondary N) is 2. The Labute approximate surface area is 95.0 Å². The number of hydrogen-bond acceptors (Lipinski definition) is 3. The zero-order chi connectivity index (χ0) is 12.2. The van der Waals surface area contributed by atoms with Crippen LogP contribution in [0.25, 0.3) is 0 Å². The molecule has 0 aromatic heterocycles. The number of carbonyl (C=O) groups excluding carboxylic acids is 1. The zero-order valence-electron chi connectivity index (χ0n) is 9.75. The maximum atomic E-state index is 11.4. The largest absolute Gasteiger partial charge is 0.480 e. The molecule has 92 valence electrons. The maximum Gasteiger partial charge on any atom is 0.329 e. The lowest BCUT2D eigenvalue weighted by molar-refractivity contribution is -0.148. The van der Waals surface area contributed by atoms with Gasteiger partial charge in [0.25, 0.3) is 0 Å². The molecule has 0 bridgehead atoms. The van der Waals surface area contributed by atoms with Gasteiger partial charge in [0.1, 0.15) is 5.54 Å². The van der Waals surface area contributed by atoms with Crippen LogP contribution in [0.15, 0.2) is 0 Å². The fourth-order valence-corrected chi connectivity index (χ4v) is 1.58. The first kappa shape index (κ1) is 12.8. The monoisotopic (exact) mass is 229 g/mol. The Morgan fingerprint density at radius 3 is 2.38 bits per heavy atom. The number of carboxylic acids is 1. The van der Waals surface area contributed by atoms with E-state index in [1.54, 1.807) is 0 Å². The minimum absolute atomic E-state index is 0.399. The van der Waals surface area contributed by atoms with E-state index in [0.717, 1.165) is 13.0 Å². The Morgan fingerprint density at radius 1 is 1.38 bits per heavy atom. The van der Waals surface area contributed by atoms with Crippen LogP contribution < -0.4 is 10.6 Å². The van der Waals surface area contributed by atoms with Crippen LogP contribution in [0.5, 0.6) is 0 Å². The van der Waals surface area contributed by atoms with Crippen molar-refractivity contribution in [2.75, 3.05) is 27.2 Å². The molecule has 1 saturated carbocycles. The van der Waals surface area contributed by atoms with Gasteiger partial charge in [-0.1, -0.05) is 0 Å². The fourth-order valence-electron chi connectivity index (χ4n) is 1.58. The van der Waals surface area contributed by atoms with Gasteiger partial charge in [0.2, 0.25) is 0 Å². The van der Waals surface area contributed by atoms with Crippen LogP contribution in [0.2, 0.25) is 0 Å². The Bertz CT molecular complexity index is 274. The summed E-state index contributed by atoms with van der Waals surface area (Å²) in [6.45, 7) is 1.24. The molecule has 0 saturated heterocycles. The number of likely N-dealkylation sites (N-methyl/N-ethyl adjacent to an activating group) is 1. The second-order valence-electron chi connectivity index (χ2n) is 4.42. The number of carbonyl (C=O) groups is 2. The molecule has 0 aromatic carbocycles. The SMILES string of the molecule is CN(C)CCNC(=O)NC1(C(=O)O)CCC1. The Morgan fingerprint density at radius 2 is 2.00 bits per heavy atom. The topological polar surface area (TPSA) is 81.7 Å². The van der Waals surface area contributed by atoms with Crippen LogP contribution in [0.4, 0.5) is 4.79 Å². The average molecular weight is 229 g/mol. The summed E-state index contributed by atoms with van der Waals surface area (Å²) in [5.74, 6) is -0.943. The van der Waals surface area contributed by atoms with Crippen molar-refractivity contribution in [3.05, 3.63) is 0 Å². The van der Waals surface area contributed by atoms with E-state index in [2.05, 4.69) is 10.6 Å². The van der Waals surface area contributed by atoms with Crippen molar-refractivity contribution in [1.82, 2.24) is 15.5 Å². The summed E-state index contributed by atoms with van der Waals surface area (Å²) in [6, 6.07) is -0.399. The first-order chi connectivity index (χ1) is 7.46. The molecular formula is C10H19N3O3. The van der Waals surface area contributed by atoms with Crippen molar-refractivity contribution in [2.24, 2.45) is 0 Å². The van der Waals surface area contributed by atoms with Gasteiger partial charge in [-0.15, -0.1) is 0 Å². The molecule has 0 aliphatic heterocycles. The molecule has 1 aliphatic rings. The van der Waals surface area contributed by atoms with Gasteiger partial charge in [-0.25, -0.2) is 9.59 Å². The van der Waals surface area contributed by atoms with E-state index < -0.39 is 17.5 Å². The van der Waals surface area contributed by atoms with Gasteiger partial charge in [-0.2, -0.15) is 0 Å². The van der Waals surface area contributed by atoms with Crippen LogP contribution in [0.3, 0.4) is 0 Å². The highest BCUT2D eigenvalue weighted by Crippen LogP contribution is 2.31. The Kier molecular flexibility index (Phi) is 4.12. The van der Waals surface area contributed by atoms with Crippen molar-refractivity contribution in [3.8, 4) is 0 Å². The summed E-state index contributed by atoms with van der Waals surface area (Å²) in [5, 5.41) is 14.2. The van der Waals surface area contributed by atoms with Crippen LogP contribution in [-0.4, -0.2) is 54.7 Å². The highest BCUT2D eigenvalue weighted by molar-refractivity contribution is 5.87. The number of carboxylic acid groups (broad SMARTS) is 1. The van der Waals surface area contributed by atoms with E-state index in [4.69, 9.17) is 5.11 Å². The number of nitrogens with zero attached hydrogens (tertiary/aromatic N) is 1. The maximum absolute atomic E-state index is 11.4. The van der Waals surface area contributed by atoms with E-state index >= 15 is 0 Å². The predicted molar refractivity (Wildman–Crippen MR) is 59.3 cm³/mol. The lowest BCUT2D eigenvalue weighted by Gasteiger charge is -2.38. The summed E-state index contributed by atoms with van der Waals surface area (Å²) < 4.78 is 0. The number of amides is 2. The van der Waals surface area contributed by atoms with Gasteiger partial charge in [0, 0.05) is 13.1 Å². The van der Waals surface area contributed by atoms with Crippen molar-refractivity contribution in [1.29, 1.82) is 0 Å². The van der Waals surface area contributed by atoms with Crippen LogP contribution >= 0.6 is 0 Å². The molecule has 1 rings (SSSR count). The summed E-state index contributed by atoms with van der Waals surface area (Å²) >= 11 is 0. The summed E-state index contributed by atoms with van der Waals surface area (Å²) in [6.07, 6.45) is 1.89. The molecule has 0 heterocycles. The van der Waals surface area contributed by atoms with Gasteiger partial charge >= 0.3 is 12.0 Å². The quantitative estimate of drug-likeness (QED) is 0.612. The number of urea groups is 1. The van der Waals surface area contributed by atoms with Gasteiger partial charge < -0.3 is 20.6 Å². The van der Waals surface area contributed by atoms with E-state index in [-0.39, 0.29) is 0 Å². The lowest BCUT2D eigenvalue weighted by atomic mass is 9.77. The second kappa shape index (κ2) is 5.16. The van der Waals surface area contributed by atoms with Crippen molar-refractivity contribution in [2.45, 2.75) is 24.8 Å². The fraction of sp³-hybridized carbons (Fsp3) is 0.800. The smallest absolute Gasteiger partial charge is 0.329 e. The molecule has 1 fully saturated rings. The molecule has 3 N–H and O–H groups in total. The number of hydrogen-bond donors (Lipinski definition) is 3. The molecule has 6 heteroatoms. The summed E-state index contributed by atoms with van der Waals surface area (Å²) in [5.41, 5.74) is -1.03. The second-order valence-corrected chi connectivity index (χ2v) is 4.42. The van der Waals surface area contributed by atoms with Gasteiger partial charge in [0.15, 0.2) is 0 Å². The van der Waals surface area contributed by atoms with E-state index in [1.165, 1.54) is 0 Å². The molecule has 6 nitrogen and oxygen atoms in total. The van der Waals surface area contributed by atoms with E-state index in [1.807, 2.05) is 19.0 Å². The number of aliphatic carboxylic acids is 1. The Balaban J connectivity index is 2.30. The highest BCUT2D eigenvalue weighted by Gasteiger charge is 2.45. The molecule has 0 radical (unpaired) electrons. The molecule has 16 heavy (non-hydrogen) atoms. The first-order valence-electron chi connectivity index (χ1n) is 5.40. The predicted octanol–water partition coefficient (Wildman–Crippen LogP) is -0.145. The molecule has 2 amide bonds. The van der Waals surface area contributed by atoms with E-state index in [0.29, 0.717) is 19.4 Å². The number of rotatable bonds is 5. The molecule has 0 spiro atoms. The minimum atomic E-state index is -1.03. The molecule has 0 unspecified atom stereocenters. The Hall–Kier alpha value is -1.30. The molecule has 0 atom stereocenters. The van der Waals surface area contributed by atoms with Crippen molar-refractivity contribution < 1.29 is 14.7 Å². The molecular weight excluding hydrogens is 210 g/mol. The third-order valence-electron chi connectivity index (χ3n) is 2.81. The average Bonchev–Trinajstić information content (AvgIpc) is 2.10. The highest BCUT2D eigenvalue weighted by atomic mass is 16.4. The van der Waals surface area contributed by atoms with Gasteiger partial charge in [-0.05, 0) is 33.4 Å². The standard InChI is InChI=1S/C10H19N3O3/c1-13(2)7-6-11-9(16)12-10(8(14)15)4-3-5-10/h3-7H2,1-2H3,(H,14,15)(H2,11,12,16).